The highest BCUT2D eigenvalue weighted by Crippen LogP contribution is 2.21. The number of hydrogen-bond donors (Lipinski definition) is 2. The number of para-hydroxylation sites is 1. The van der Waals surface area contributed by atoms with Gasteiger partial charge in [-0.2, -0.15) is 0 Å². The maximum atomic E-state index is 12.3. The van der Waals surface area contributed by atoms with E-state index >= 15 is 0 Å². The summed E-state index contributed by atoms with van der Waals surface area (Å²) in [6.45, 7) is 5.97. The molecular formula is C20H26N2O3. The number of hydrogen-bond acceptors (Lipinski definition) is 3. The molecule has 0 bridgehead atoms. The average molecular weight is 342 g/mol. The van der Waals surface area contributed by atoms with E-state index in [1.54, 1.807) is 20.9 Å². The number of carbonyl (C=O) groups is 1. The van der Waals surface area contributed by atoms with Gasteiger partial charge in [0.2, 0.25) is 0 Å². The topological polar surface area (TPSA) is 61.8 Å². The number of aliphatic hydroxyl groups is 1. The first kappa shape index (κ1) is 18.8. The van der Waals surface area contributed by atoms with Gasteiger partial charge in [0.1, 0.15) is 12.4 Å². The summed E-state index contributed by atoms with van der Waals surface area (Å²) in [6, 6.07) is 15.1. The summed E-state index contributed by atoms with van der Waals surface area (Å²) in [4.78, 5) is 13.8. The molecule has 0 aliphatic heterocycles. The van der Waals surface area contributed by atoms with Gasteiger partial charge in [0.25, 0.3) is 0 Å². The Morgan fingerprint density at radius 2 is 1.84 bits per heavy atom. The highest BCUT2D eigenvalue weighted by molar-refractivity contribution is 5.90. The predicted octanol–water partition coefficient (Wildman–Crippen LogP) is 3.81. The van der Waals surface area contributed by atoms with Gasteiger partial charge in [-0.25, -0.2) is 4.79 Å². The Morgan fingerprint density at radius 1 is 1.16 bits per heavy atom. The fraction of sp³-hybridized carbons (Fsp3) is 0.350. The molecule has 0 radical (unpaired) electrons. The minimum atomic E-state index is -0.938. The fourth-order valence-corrected chi connectivity index (χ4v) is 2.52. The lowest BCUT2D eigenvalue weighted by atomic mass is 10.1. The number of likely N-dealkylation sites (N-methyl/N-ethyl adjacent to an activating group) is 1. The van der Waals surface area contributed by atoms with Crippen molar-refractivity contribution in [2.24, 2.45) is 0 Å². The number of ether oxygens (including phenoxy) is 1. The molecule has 0 saturated heterocycles. The van der Waals surface area contributed by atoms with Crippen LogP contribution in [0.1, 0.15) is 25.0 Å². The van der Waals surface area contributed by atoms with Crippen molar-refractivity contribution in [2.45, 2.75) is 33.0 Å². The standard InChI is InChI=1S/C20H26N2O3/c1-15-16(13-25-17-10-6-5-7-11-17)9-8-12-18(15)21-19(23)22(4)14-20(2,3)24/h5-12,24H,13-14H2,1-4H3,(H,21,23). The molecule has 5 nitrogen and oxygen atoms in total. The number of urea groups is 1. The minimum Gasteiger partial charge on any atom is -0.489 e. The molecule has 2 amide bonds. The van der Waals surface area contributed by atoms with Gasteiger partial charge in [-0.15, -0.1) is 0 Å². The Morgan fingerprint density at radius 3 is 2.48 bits per heavy atom. The predicted molar refractivity (Wildman–Crippen MR) is 99.9 cm³/mol. The molecule has 0 aliphatic rings. The van der Waals surface area contributed by atoms with Crippen molar-refractivity contribution < 1.29 is 14.6 Å². The van der Waals surface area contributed by atoms with Crippen LogP contribution in [0, 0.1) is 6.92 Å². The van der Waals surface area contributed by atoms with Gasteiger partial charge < -0.3 is 20.1 Å². The number of amides is 2. The lowest BCUT2D eigenvalue weighted by Crippen LogP contribution is -2.41. The van der Waals surface area contributed by atoms with Crippen LogP contribution in [-0.2, 0) is 6.61 Å². The van der Waals surface area contributed by atoms with E-state index in [0.717, 1.165) is 22.6 Å². The van der Waals surface area contributed by atoms with Crippen LogP contribution in [-0.4, -0.2) is 35.2 Å². The van der Waals surface area contributed by atoms with E-state index in [0.29, 0.717) is 6.61 Å². The Balaban J connectivity index is 2.03. The summed E-state index contributed by atoms with van der Waals surface area (Å²) in [5, 5.41) is 12.7. The molecule has 2 N–H and O–H groups in total. The summed E-state index contributed by atoms with van der Waals surface area (Å²) >= 11 is 0. The molecule has 134 valence electrons. The highest BCUT2D eigenvalue weighted by Gasteiger charge is 2.20. The highest BCUT2D eigenvalue weighted by atomic mass is 16.5. The smallest absolute Gasteiger partial charge is 0.321 e. The van der Waals surface area contributed by atoms with Crippen LogP contribution in [0.4, 0.5) is 10.5 Å². The van der Waals surface area contributed by atoms with E-state index in [4.69, 9.17) is 4.74 Å². The van der Waals surface area contributed by atoms with Gasteiger partial charge in [-0.1, -0.05) is 30.3 Å². The fourth-order valence-electron chi connectivity index (χ4n) is 2.52. The molecule has 2 aromatic carbocycles. The van der Waals surface area contributed by atoms with Gasteiger partial charge in [-0.3, -0.25) is 0 Å². The molecule has 0 fully saturated rings. The van der Waals surface area contributed by atoms with Crippen molar-refractivity contribution in [1.29, 1.82) is 0 Å². The van der Waals surface area contributed by atoms with E-state index in [-0.39, 0.29) is 12.6 Å². The van der Waals surface area contributed by atoms with Gasteiger partial charge in [0.05, 0.1) is 12.1 Å². The average Bonchev–Trinajstić information content (AvgIpc) is 2.55. The van der Waals surface area contributed by atoms with Crippen LogP contribution in [0.5, 0.6) is 5.75 Å². The number of carbonyl (C=O) groups excluding carboxylic acids is 1. The second kappa shape index (κ2) is 8.03. The third-order valence-electron chi connectivity index (χ3n) is 3.80. The van der Waals surface area contributed by atoms with Gasteiger partial charge in [-0.05, 0) is 50.1 Å². The summed E-state index contributed by atoms with van der Waals surface area (Å²) < 4.78 is 5.79. The maximum absolute atomic E-state index is 12.3. The zero-order valence-electron chi connectivity index (χ0n) is 15.2. The maximum Gasteiger partial charge on any atom is 0.321 e. The molecule has 25 heavy (non-hydrogen) atoms. The SMILES string of the molecule is Cc1c(COc2ccccc2)cccc1NC(=O)N(C)CC(C)(C)O. The molecule has 0 saturated carbocycles. The second-order valence-electron chi connectivity index (χ2n) is 6.79. The zero-order valence-corrected chi connectivity index (χ0v) is 15.2. The monoisotopic (exact) mass is 342 g/mol. The lowest BCUT2D eigenvalue weighted by Gasteiger charge is -2.26. The largest absolute Gasteiger partial charge is 0.489 e. The number of nitrogens with zero attached hydrogens (tertiary/aromatic N) is 1. The molecule has 0 heterocycles. The van der Waals surface area contributed by atoms with Crippen LogP contribution in [0.3, 0.4) is 0 Å². The molecule has 0 spiro atoms. The van der Waals surface area contributed by atoms with E-state index in [1.165, 1.54) is 4.90 Å². The first-order valence-electron chi connectivity index (χ1n) is 8.27. The van der Waals surface area contributed by atoms with Crippen LogP contribution >= 0.6 is 0 Å². The van der Waals surface area contributed by atoms with Gasteiger partial charge in [0, 0.05) is 12.7 Å². The summed E-state index contributed by atoms with van der Waals surface area (Å²) in [7, 11) is 1.66. The van der Waals surface area contributed by atoms with Crippen LogP contribution in [0.15, 0.2) is 48.5 Å². The Hall–Kier alpha value is -2.53. The van der Waals surface area contributed by atoms with Crippen LogP contribution in [0.25, 0.3) is 0 Å². The van der Waals surface area contributed by atoms with E-state index in [2.05, 4.69) is 5.32 Å². The summed E-state index contributed by atoms with van der Waals surface area (Å²) in [6.07, 6.45) is 0. The molecule has 5 heteroatoms. The lowest BCUT2D eigenvalue weighted by molar-refractivity contribution is 0.0550. The summed E-state index contributed by atoms with van der Waals surface area (Å²) in [5.41, 5.74) is 1.77. The Bertz CT molecular complexity index is 709. The van der Waals surface area contributed by atoms with Crippen molar-refractivity contribution in [2.75, 3.05) is 18.9 Å². The minimum absolute atomic E-state index is 0.245. The normalized spacial score (nSPS) is 11.1. The molecule has 0 aliphatic carbocycles. The zero-order chi connectivity index (χ0) is 18.4. The Labute approximate surface area is 149 Å². The van der Waals surface area contributed by atoms with Gasteiger partial charge in [0.15, 0.2) is 0 Å². The second-order valence-corrected chi connectivity index (χ2v) is 6.79. The number of anilines is 1. The summed E-state index contributed by atoms with van der Waals surface area (Å²) in [5.74, 6) is 0.807. The number of rotatable bonds is 6. The number of benzene rings is 2. The van der Waals surface area contributed by atoms with Crippen molar-refractivity contribution in [3.05, 3.63) is 59.7 Å². The molecular weight excluding hydrogens is 316 g/mol. The first-order chi connectivity index (χ1) is 11.8. The van der Waals surface area contributed by atoms with E-state index in [1.807, 2.05) is 55.5 Å². The van der Waals surface area contributed by atoms with E-state index in [9.17, 15) is 9.90 Å². The number of nitrogens with one attached hydrogen (secondary N) is 1. The van der Waals surface area contributed by atoms with Crippen molar-refractivity contribution >= 4 is 11.7 Å². The van der Waals surface area contributed by atoms with Crippen molar-refractivity contribution in [3.63, 3.8) is 0 Å². The quantitative estimate of drug-likeness (QED) is 0.839. The molecule has 2 aromatic rings. The molecule has 0 unspecified atom stereocenters. The molecule has 2 rings (SSSR count). The third-order valence-corrected chi connectivity index (χ3v) is 3.80. The first-order valence-corrected chi connectivity index (χ1v) is 8.27. The molecule has 0 atom stereocenters. The van der Waals surface area contributed by atoms with Crippen molar-refractivity contribution in [1.82, 2.24) is 4.90 Å². The van der Waals surface area contributed by atoms with Crippen molar-refractivity contribution in [3.8, 4) is 5.75 Å². The van der Waals surface area contributed by atoms with Crippen LogP contribution < -0.4 is 10.1 Å². The van der Waals surface area contributed by atoms with E-state index < -0.39 is 5.60 Å². The van der Waals surface area contributed by atoms with Gasteiger partial charge >= 0.3 is 6.03 Å². The third kappa shape index (κ3) is 5.80. The van der Waals surface area contributed by atoms with Crippen LogP contribution in [0.2, 0.25) is 0 Å². The Kier molecular flexibility index (Phi) is 6.04. The molecule has 0 aromatic heterocycles.